The van der Waals surface area contributed by atoms with Crippen molar-refractivity contribution in [2.75, 3.05) is 32.8 Å². The number of aliphatic hydroxyl groups is 1. The number of carbonyl (C=O) groups excluding carboxylic acids is 5. The number of aliphatic imine (C=N–C) groups is 1. The normalized spacial score (nSPS) is 15.4. The van der Waals surface area contributed by atoms with Crippen LogP contribution in [-0.2, 0) is 52.1 Å². The average molecular weight is 993 g/mol. The lowest BCUT2D eigenvalue weighted by atomic mass is 10.0. The quantitative estimate of drug-likeness (QED) is 0.0138. The highest BCUT2D eigenvalue weighted by Crippen LogP contribution is 2.42. The number of hydrogen-bond acceptors (Lipinski definition) is 15. The summed E-state index contributed by atoms with van der Waals surface area (Å²) in [7, 11) is -5.27. The Labute approximate surface area is 400 Å². The Morgan fingerprint density at radius 2 is 1.22 bits per heavy atom. The van der Waals surface area contributed by atoms with Crippen molar-refractivity contribution >= 4 is 49.4 Å². The van der Waals surface area contributed by atoms with E-state index in [0.717, 1.165) is 25.7 Å². The predicted molar refractivity (Wildman–Crippen MR) is 252 cm³/mol. The molecule has 1 aliphatic heterocycles. The van der Waals surface area contributed by atoms with Gasteiger partial charge in [0.2, 0.25) is 17.7 Å². The summed E-state index contributed by atoms with van der Waals surface area (Å²) in [5, 5.41) is 28.0. The lowest BCUT2D eigenvalue weighted by molar-refractivity contribution is -0.159. The summed E-state index contributed by atoms with van der Waals surface area (Å²) >= 11 is 0. The van der Waals surface area contributed by atoms with Crippen molar-refractivity contribution in [1.29, 1.82) is 0 Å². The third kappa shape index (κ3) is 28.7. The Bertz CT molecular complexity index is 1630. The summed E-state index contributed by atoms with van der Waals surface area (Å²) in [6.45, 7) is 2.44. The van der Waals surface area contributed by atoms with Gasteiger partial charge in [-0.05, 0) is 70.9 Å². The lowest BCUT2D eigenvalue weighted by Gasteiger charge is -2.25. The number of esters is 2. The van der Waals surface area contributed by atoms with E-state index in [1.807, 2.05) is 0 Å². The van der Waals surface area contributed by atoms with E-state index in [-0.39, 0.29) is 44.8 Å². The maximum atomic E-state index is 13.6. The van der Waals surface area contributed by atoms with Crippen LogP contribution in [0.2, 0.25) is 0 Å². The molecule has 15 N–H and O–H groups in total. The molecule has 0 aromatic rings. The Hall–Kier alpha value is -4.54. The van der Waals surface area contributed by atoms with Crippen LogP contribution in [0.25, 0.3) is 0 Å². The summed E-state index contributed by atoms with van der Waals surface area (Å²) in [4.78, 5) is 99.8. The van der Waals surface area contributed by atoms with Crippen LogP contribution in [0.15, 0.2) is 16.5 Å². The monoisotopic (exact) mass is 993 g/mol. The number of hydrogen-bond donors (Lipinski definition) is 11. The SMILES string of the molecule is CCCCCCCCCCCCCCCCOC(COC(=O)CCC(=O)NC(CCCCN)C(=O)NC(CCCN=C(N)N)C(=O)NC(CCCCN)C(=O)O)C1OC(=O)C(OP(=O)(O)O)=C1O. The largest absolute Gasteiger partial charge is 0.525 e. The van der Waals surface area contributed by atoms with E-state index in [2.05, 4.69) is 32.4 Å². The van der Waals surface area contributed by atoms with Crippen molar-refractivity contribution < 1.29 is 72.1 Å². The summed E-state index contributed by atoms with van der Waals surface area (Å²) in [5.74, 6) is -8.06. The molecule has 0 aliphatic carbocycles. The first kappa shape index (κ1) is 61.5. The summed E-state index contributed by atoms with van der Waals surface area (Å²) in [6, 6.07) is -3.69. The lowest BCUT2D eigenvalue weighted by Crippen LogP contribution is -2.55. The van der Waals surface area contributed by atoms with Gasteiger partial charge >= 0.3 is 25.7 Å². The van der Waals surface area contributed by atoms with Gasteiger partial charge in [-0.3, -0.25) is 34.0 Å². The second-order valence-corrected chi connectivity index (χ2v) is 18.1. The molecule has 0 spiro atoms. The van der Waals surface area contributed by atoms with Crippen LogP contribution in [0.4, 0.5) is 0 Å². The number of phosphoric acid groups is 1. The molecule has 0 bridgehead atoms. The van der Waals surface area contributed by atoms with Crippen LogP contribution in [0.3, 0.4) is 0 Å². The first-order chi connectivity index (χ1) is 32.4. The first-order valence-corrected chi connectivity index (χ1v) is 25.7. The van der Waals surface area contributed by atoms with Gasteiger partial charge in [-0.15, -0.1) is 0 Å². The Kier molecular flexibility index (Phi) is 32.9. The molecule has 0 saturated carbocycles. The molecule has 0 aromatic carbocycles. The highest BCUT2D eigenvalue weighted by molar-refractivity contribution is 7.46. The summed E-state index contributed by atoms with van der Waals surface area (Å²) in [5.41, 5.74) is 22.0. The number of cyclic esters (lactones) is 1. The second kappa shape index (κ2) is 36.4. The van der Waals surface area contributed by atoms with Crippen LogP contribution in [-0.4, -0.2) is 125 Å². The van der Waals surface area contributed by atoms with E-state index in [0.29, 0.717) is 45.2 Å². The number of carboxylic acid groups (broad SMARTS) is 1. The molecular formula is C44H81N8O15P. The highest BCUT2D eigenvalue weighted by Gasteiger charge is 2.44. The number of amides is 3. The molecule has 68 heavy (non-hydrogen) atoms. The van der Waals surface area contributed by atoms with Crippen molar-refractivity contribution in [2.45, 2.75) is 191 Å². The zero-order valence-electron chi connectivity index (χ0n) is 39.9. The molecule has 5 atom stereocenters. The smallest absolute Gasteiger partial charge is 0.505 e. The molecule has 0 aromatic heterocycles. The number of nitrogens with two attached hydrogens (primary N) is 4. The van der Waals surface area contributed by atoms with Crippen LogP contribution >= 0.6 is 7.82 Å². The summed E-state index contributed by atoms with van der Waals surface area (Å²) in [6.07, 6.45) is 14.2. The molecule has 0 fully saturated rings. The third-order valence-electron chi connectivity index (χ3n) is 11.0. The number of carboxylic acids is 1. The van der Waals surface area contributed by atoms with Crippen molar-refractivity contribution in [3.05, 3.63) is 11.5 Å². The number of carbonyl (C=O) groups is 6. The van der Waals surface area contributed by atoms with E-state index in [9.17, 15) is 53.3 Å². The van der Waals surface area contributed by atoms with Crippen LogP contribution in [0.5, 0.6) is 0 Å². The Balaban J connectivity index is 2.91. The molecule has 23 nitrogen and oxygen atoms in total. The molecule has 24 heteroatoms. The molecule has 0 radical (unpaired) electrons. The summed E-state index contributed by atoms with van der Waals surface area (Å²) < 4.78 is 32.1. The molecule has 1 aliphatic rings. The topological polar surface area (TPSA) is 390 Å². The van der Waals surface area contributed by atoms with Gasteiger partial charge < -0.3 is 67.8 Å². The zero-order chi connectivity index (χ0) is 50.7. The fourth-order valence-corrected chi connectivity index (χ4v) is 7.63. The van der Waals surface area contributed by atoms with E-state index in [1.165, 1.54) is 57.8 Å². The minimum Gasteiger partial charge on any atom is -0.505 e. The average Bonchev–Trinajstić information content (AvgIpc) is 3.55. The number of nitrogens with zero attached hydrogens (tertiary/aromatic N) is 1. The zero-order valence-corrected chi connectivity index (χ0v) is 40.8. The van der Waals surface area contributed by atoms with E-state index < -0.39 is 105 Å². The molecular weight excluding hydrogens is 911 g/mol. The van der Waals surface area contributed by atoms with Gasteiger partial charge in [0.25, 0.3) is 5.76 Å². The first-order valence-electron chi connectivity index (χ1n) is 24.2. The van der Waals surface area contributed by atoms with E-state index in [4.69, 9.17) is 37.1 Å². The minimum absolute atomic E-state index is 0.00851. The van der Waals surface area contributed by atoms with Crippen molar-refractivity contribution in [1.82, 2.24) is 16.0 Å². The fraction of sp³-hybridized carbons (Fsp3) is 0.795. The number of guanidine groups is 1. The molecule has 392 valence electrons. The number of phosphoric ester groups is 1. The van der Waals surface area contributed by atoms with Gasteiger partial charge in [0.05, 0.1) is 6.42 Å². The number of aliphatic carboxylic acids is 1. The van der Waals surface area contributed by atoms with E-state index in [1.54, 1.807) is 0 Å². The molecule has 3 amide bonds. The van der Waals surface area contributed by atoms with Crippen molar-refractivity contribution in [3.63, 3.8) is 0 Å². The number of rotatable bonds is 42. The van der Waals surface area contributed by atoms with E-state index >= 15 is 0 Å². The van der Waals surface area contributed by atoms with Gasteiger partial charge in [0, 0.05) is 19.6 Å². The van der Waals surface area contributed by atoms with Crippen molar-refractivity contribution in [3.8, 4) is 0 Å². The van der Waals surface area contributed by atoms with Gasteiger partial charge in [0.15, 0.2) is 17.8 Å². The third-order valence-corrected chi connectivity index (χ3v) is 11.4. The van der Waals surface area contributed by atoms with Gasteiger partial charge in [-0.25, -0.2) is 14.2 Å². The number of nitrogens with one attached hydrogen (secondary N) is 3. The predicted octanol–water partition coefficient (Wildman–Crippen LogP) is 2.83. The number of aliphatic hydroxyl groups excluding tert-OH is 1. The minimum atomic E-state index is -5.27. The molecule has 5 unspecified atom stereocenters. The maximum absolute atomic E-state index is 13.6. The van der Waals surface area contributed by atoms with Crippen LogP contribution < -0.4 is 38.9 Å². The van der Waals surface area contributed by atoms with Gasteiger partial charge in [-0.2, -0.15) is 0 Å². The standard InChI is InChI=1S/C44H81N8O15P/c1-2-3-4-5-6-7-8-9-10-11-12-13-14-19-29-64-34(38-37(55)39(43(60)66-38)67-68(61,62)63)30-65-36(54)25-24-35(53)50-31(21-15-17-26-45)40(56)51-32(23-20-28-49-44(47)48)41(57)52-33(42(58)59)22-16-18-27-46/h31-34,38,55H,2-30,45-46H2,1H3,(H,50,53)(H,51,56)(H,52,57)(H,58,59)(H4,47,48,49)(H2,61,62,63). The molecule has 1 heterocycles. The molecule has 1 rings (SSSR count). The van der Waals surface area contributed by atoms with Gasteiger partial charge in [-0.1, -0.05) is 90.4 Å². The Morgan fingerprint density at radius 1 is 0.721 bits per heavy atom. The van der Waals surface area contributed by atoms with Crippen LogP contribution in [0.1, 0.15) is 161 Å². The number of ether oxygens (including phenoxy) is 3. The van der Waals surface area contributed by atoms with Crippen molar-refractivity contribution in [2.24, 2.45) is 27.9 Å². The Morgan fingerprint density at radius 3 is 1.74 bits per heavy atom. The van der Waals surface area contributed by atoms with Crippen LogP contribution in [0, 0.1) is 0 Å². The highest BCUT2D eigenvalue weighted by atomic mass is 31.2. The van der Waals surface area contributed by atoms with Gasteiger partial charge in [0.1, 0.15) is 30.8 Å². The molecule has 0 saturated heterocycles. The second-order valence-electron chi connectivity index (χ2n) is 16.9. The maximum Gasteiger partial charge on any atom is 0.525 e. The fourth-order valence-electron chi connectivity index (χ4n) is 7.23. The number of unbranched alkanes of at least 4 members (excludes halogenated alkanes) is 15.